The topological polar surface area (TPSA) is 36.4 Å². The van der Waals surface area contributed by atoms with Crippen molar-refractivity contribution in [2.45, 2.75) is 124 Å². The summed E-state index contributed by atoms with van der Waals surface area (Å²) < 4.78 is 0. The normalized spacial score (nSPS) is 10.7. The van der Waals surface area contributed by atoms with E-state index in [9.17, 15) is 5.53 Å². The van der Waals surface area contributed by atoms with Crippen LogP contribution in [-0.4, -0.2) is 10.7 Å². The number of hydrogen-bond donors (Lipinski definition) is 0. The van der Waals surface area contributed by atoms with Gasteiger partial charge in [0.2, 0.25) is 0 Å². The van der Waals surface area contributed by atoms with E-state index in [0.29, 0.717) is 0 Å². The molecule has 3 heteroatoms. The monoisotopic (exact) mass is 586 g/mol. The third-order valence-corrected chi connectivity index (χ3v) is 7.23. The Morgan fingerprint density at radius 1 is 0.650 bits per heavy atom. The summed E-state index contributed by atoms with van der Waals surface area (Å²) in [7, 11) is 0. The average molecular weight is 588 g/mol. The van der Waals surface area contributed by atoms with Crippen molar-refractivity contribution in [3.63, 3.8) is 0 Å². The number of allylic oxidation sites excluding steroid dienone is 2. The van der Waals surface area contributed by atoms with Crippen LogP contribution in [0.3, 0.4) is 0 Å². The number of hydrogen-bond acceptors (Lipinski definition) is 0. The fourth-order valence-corrected chi connectivity index (χ4v) is 5.08. The van der Waals surface area contributed by atoms with Crippen LogP contribution in [0.5, 0.6) is 0 Å². The summed E-state index contributed by atoms with van der Waals surface area (Å²) in [5.41, 5.74) is 18.6. The average Bonchev–Trinajstić information content (AvgIpc) is 2.92. The van der Waals surface area contributed by atoms with Crippen molar-refractivity contribution in [3.05, 3.63) is 102 Å². The first kappa shape index (κ1) is 40.0. The Balaban J connectivity index is 0. The minimum absolute atomic E-state index is 0. The molecule has 40 heavy (non-hydrogen) atoms. The molecule has 0 unspecified atom stereocenters. The van der Waals surface area contributed by atoms with Gasteiger partial charge in [-0.05, 0) is 84.8 Å². The zero-order valence-electron chi connectivity index (χ0n) is 26.4. The first-order chi connectivity index (χ1) is 18.2. The first-order valence-corrected chi connectivity index (χ1v) is 15.1. The van der Waals surface area contributed by atoms with E-state index in [0.717, 1.165) is 56.9 Å². The maximum absolute atomic E-state index is 9.55. The smallest absolute Gasteiger partial charge is 0.358 e. The van der Waals surface area contributed by atoms with E-state index < -0.39 is 0 Å². The molecule has 0 aromatic heterocycles. The molecular weight excluding hydrogens is 531 g/mol. The predicted octanol–water partition coefficient (Wildman–Crippen LogP) is 11.4. The van der Waals surface area contributed by atoms with Crippen LogP contribution in [0, 0.1) is 14.9 Å². The summed E-state index contributed by atoms with van der Waals surface area (Å²) in [5, 5.41) is 0. The van der Waals surface area contributed by atoms with Gasteiger partial charge in [0, 0.05) is 0 Å². The minimum Gasteiger partial charge on any atom is -0.358 e. The molecule has 0 spiro atoms. The Hall–Kier alpha value is -2.17. The third-order valence-electron chi connectivity index (χ3n) is 7.23. The predicted molar refractivity (Wildman–Crippen MR) is 174 cm³/mol. The van der Waals surface area contributed by atoms with E-state index in [1.165, 1.54) is 78.3 Å². The van der Waals surface area contributed by atoms with Crippen LogP contribution < -0.4 is 0 Å². The van der Waals surface area contributed by atoms with E-state index in [4.69, 9.17) is 0 Å². The van der Waals surface area contributed by atoms with Gasteiger partial charge >= 0.3 is 22.4 Å². The minimum atomic E-state index is 0. The number of benzene rings is 2. The summed E-state index contributed by atoms with van der Waals surface area (Å²) in [6.45, 7) is 8.99. The van der Waals surface area contributed by atoms with Gasteiger partial charge in [0.05, 0.1) is 5.57 Å². The molecule has 0 heterocycles. The maximum Gasteiger partial charge on any atom is 2.00 e. The molecule has 0 aliphatic heterocycles. The van der Waals surface area contributed by atoms with E-state index in [1.807, 2.05) is 0 Å². The summed E-state index contributed by atoms with van der Waals surface area (Å²) in [6.07, 6.45) is 17.3. The zero-order chi connectivity index (χ0) is 26.7. The number of rotatable bonds is 18. The second kappa shape index (κ2) is 24.6. The molecule has 0 radical (unpaired) electrons. The number of aryl methyl sites for hydroxylation is 2. The van der Waals surface area contributed by atoms with Crippen LogP contribution in [0.25, 0.3) is 11.1 Å². The van der Waals surface area contributed by atoms with Crippen molar-refractivity contribution in [2.24, 2.45) is 0 Å². The van der Waals surface area contributed by atoms with Crippen LogP contribution >= 0.6 is 0 Å². The van der Waals surface area contributed by atoms with Gasteiger partial charge in [-0.3, -0.25) is 0 Å². The maximum atomic E-state index is 9.55. The fraction of sp³-hybridized carbons (Fsp3) is 0.514. The van der Waals surface area contributed by atoms with Crippen LogP contribution in [-0.2, 0) is 29.3 Å². The number of unbranched alkanes of at least 4 members (excludes halogenated alkanes) is 7. The Bertz CT molecular complexity index is 1060. The molecule has 2 nitrogen and oxygen atoms in total. The van der Waals surface area contributed by atoms with E-state index in [-0.39, 0.29) is 31.3 Å². The molecule has 224 valence electrons. The first-order valence-electron chi connectivity index (χ1n) is 15.1. The van der Waals surface area contributed by atoms with Gasteiger partial charge in [-0.2, -0.15) is 0 Å². The molecule has 0 atom stereocenters. The SMILES string of the molecule is CCCCCCc1cccc(C(=C(CCCC)C(=C=[N+]=[N-])CCCC)c2cccc(CCCCC)c2)c1.[CH3-].[CH3-].[Ni+2]. The van der Waals surface area contributed by atoms with Gasteiger partial charge in [0.25, 0.3) is 0 Å². The second-order valence-electron chi connectivity index (χ2n) is 10.4. The Labute approximate surface area is 258 Å². The van der Waals surface area contributed by atoms with Crippen molar-refractivity contribution in [2.75, 3.05) is 0 Å². The van der Waals surface area contributed by atoms with Crippen LogP contribution in [0.15, 0.2) is 59.7 Å². The molecule has 0 aliphatic carbocycles. The largest absolute Gasteiger partial charge is 2.00 e. The summed E-state index contributed by atoms with van der Waals surface area (Å²) in [5.74, 6) is 3.01. The molecule has 2 aromatic carbocycles. The van der Waals surface area contributed by atoms with E-state index in [1.54, 1.807) is 0 Å². The van der Waals surface area contributed by atoms with Crippen molar-refractivity contribution in [1.29, 1.82) is 0 Å². The summed E-state index contributed by atoms with van der Waals surface area (Å²) in [4.78, 5) is 3.41. The van der Waals surface area contributed by atoms with Crippen molar-refractivity contribution in [3.8, 4) is 0 Å². The van der Waals surface area contributed by atoms with Gasteiger partial charge in [0.1, 0.15) is 0 Å². The van der Waals surface area contributed by atoms with Crippen LogP contribution in [0.4, 0.5) is 0 Å². The Kier molecular flexibility index (Phi) is 24.6. The van der Waals surface area contributed by atoms with Crippen LogP contribution in [0.1, 0.15) is 133 Å². The third kappa shape index (κ3) is 13.9. The van der Waals surface area contributed by atoms with Gasteiger partial charge in [-0.15, -0.1) is 4.79 Å². The molecule has 0 fully saturated rings. The van der Waals surface area contributed by atoms with Gasteiger partial charge in [-0.25, -0.2) is 0 Å². The molecule has 2 aromatic rings. The molecule has 0 N–H and O–H groups in total. The molecule has 0 saturated heterocycles. The quantitative estimate of drug-likeness (QED) is 0.0316. The Morgan fingerprint density at radius 2 is 1.12 bits per heavy atom. The summed E-state index contributed by atoms with van der Waals surface area (Å²) in [6, 6.07) is 18.3. The summed E-state index contributed by atoms with van der Waals surface area (Å²) >= 11 is 0. The molecule has 0 amide bonds. The molecule has 0 bridgehead atoms. The van der Waals surface area contributed by atoms with Crippen molar-refractivity contribution in [1.82, 2.24) is 0 Å². The molecule has 0 aliphatic rings. The molecule has 0 saturated carbocycles. The van der Waals surface area contributed by atoms with Crippen molar-refractivity contribution < 1.29 is 21.3 Å². The molecule has 2 rings (SSSR count). The number of nitrogens with zero attached hydrogens (tertiary/aromatic N) is 2. The van der Waals surface area contributed by atoms with Gasteiger partial charge < -0.3 is 20.4 Å². The van der Waals surface area contributed by atoms with E-state index >= 15 is 0 Å². The van der Waals surface area contributed by atoms with Gasteiger partial charge in [0.15, 0.2) is 0 Å². The van der Waals surface area contributed by atoms with E-state index in [2.05, 4.69) is 86.9 Å². The Morgan fingerprint density at radius 3 is 1.62 bits per heavy atom. The molecular formula is C37H56N2Ni. The standard InChI is InChI=1S/C35H50N2.2CH3.Ni/c1-5-9-13-15-19-30-21-17-24-32(27-30)35(31-23-16-20-29(26-31)18-14-10-6-2)34(25-12-8-4)33(28-37-36)22-11-7-3;;;/h16-17,20-21,23-24,26-27H,5-15,18-19,22,25H2,1-4H3;2*1H3;/q;2*-1;+2. The van der Waals surface area contributed by atoms with Crippen LogP contribution in [0.2, 0.25) is 0 Å². The zero-order valence-corrected chi connectivity index (χ0v) is 27.4. The fourth-order valence-electron chi connectivity index (χ4n) is 5.08. The van der Waals surface area contributed by atoms with Gasteiger partial charge in [-0.1, -0.05) is 121 Å². The second-order valence-corrected chi connectivity index (χ2v) is 10.4. The van der Waals surface area contributed by atoms with Crippen molar-refractivity contribution >= 4 is 11.4 Å².